The SMILES string of the molecule is N#CC(C[C@H]1CO1)c1ccccc1. The van der Waals surface area contributed by atoms with E-state index in [9.17, 15) is 0 Å². The van der Waals surface area contributed by atoms with Gasteiger partial charge in [-0.25, -0.2) is 0 Å². The first-order valence-corrected chi connectivity index (χ1v) is 4.46. The zero-order valence-corrected chi connectivity index (χ0v) is 7.31. The van der Waals surface area contributed by atoms with Crippen molar-refractivity contribution >= 4 is 0 Å². The first-order valence-electron chi connectivity index (χ1n) is 4.46. The molecule has 0 aromatic heterocycles. The molecule has 0 amide bonds. The van der Waals surface area contributed by atoms with Crippen LogP contribution in [-0.2, 0) is 4.74 Å². The molecule has 1 saturated heterocycles. The number of hydrogen-bond donors (Lipinski definition) is 0. The molecule has 0 spiro atoms. The maximum Gasteiger partial charge on any atom is 0.0825 e. The first kappa shape index (κ1) is 8.28. The second-order valence-electron chi connectivity index (χ2n) is 3.28. The fourth-order valence-electron chi connectivity index (χ4n) is 1.42. The number of rotatable bonds is 3. The van der Waals surface area contributed by atoms with Crippen molar-refractivity contribution in [2.75, 3.05) is 6.61 Å². The summed E-state index contributed by atoms with van der Waals surface area (Å²) in [6.07, 6.45) is 1.16. The lowest BCUT2D eigenvalue weighted by atomic mass is 9.96. The molecule has 1 aromatic rings. The molecule has 0 N–H and O–H groups in total. The quantitative estimate of drug-likeness (QED) is 0.656. The van der Waals surface area contributed by atoms with Gasteiger partial charge in [0.1, 0.15) is 0 Å². The van der Waals surface area contributed by atoms with Gasteiger partial charge in [-0.05, 0) is 12.0 Å². The van der Waals surface area contributed by atoms with E-state index in [1.54, 1.807) is 0 Å². The maximum absolute atomic E-state index is 8.95. The average molecular weight is 173 g/mol. The number of nitriles is 1. The van der Waals surface area contributed by atoms with Crippen molar-refractivity contribution in [1.29, 1.82) is 5.26 Å². The summed E-state index contributed by atoms with van der Waals surface area (Å²) in [4.78, 5) is 0. The van der Waals surface area contributed by atoms with Crippen LogP contribution in [0.25, 0.3) is 0 Å². The molecule has 0 aliphatic carbocycles. The first-order chi connectivity index (χ1) is 6.40. The number of nitrogens with zero attached hydrogens (tertiary/aromatic N) is 1. The van der Waals surface area contributed by atoms with E-state index in [0.29, 0.717) is 6.10 Å². The summed E-state index contributed by atoms with van der Waals surface area (Å²) in [5, 5.41) is 8.95. The molecule has 66 valence electrons. The lowest BCUT2D eigenvalue weighted by Gasteiger charge is -2.06. The standard InChI is InChI=1S/C11H11NO/c12-7-10(6-11-8-13-11)9-4-2-1-3-5-9/h1-5,10-11H,6,8H2/t10?,11-/m0/s1. The molecule has 2 heteroatoms. The molecule has 1 unspecified atom stereocenters. The molecule has 2 atom stereocenters. The van der Waals surface area contributed by atoms with Crippen LogP contribution in [-0.4, -0.2) is 12.7 Å². The predicted octanol–water partition coefficient (Wildman–Crippen LogP) is 2.08. The predicted molar refractivity (Wildman–Crippen MR) is 49.2 cm³/mol. The lowest BCUT2D eigenvalue weighted by Crippen LogP contribution is -1.99. The summed E-state index contributed by atoms with van der Waals surface area (Å²) >= 11 is 0. The van der Waals surface area contributed by atoms with E-state index in [1.807, 2.05) is 30.3 Å². The van der Waals surface area contributed by atoms with Crippen LogP contribution in [0.15, 0.2) is 30.3 Å². The van der Waals surface area contributed by atoms with Gasteiger partial charge in [0.2, 0.25) is 0 Å². The van der Waals surface area contributed by atoms with Crippen molar-refractivity contribution in [3.05, 3.63) is 35.9 Å². The maximum atomic E-state index is 8.95. The van der Waals surface area contributed by atoms with Crippen LogP contribution in [0, 0.1) is 11.3 Å². The van der Waals surface area contributed by atoms with Gasteiger partial charge in [-0.2, -0.15) is 5.26 Å². The average Bonchev–Trinajstić information content (AvgIpc) is 2.99. The lowest BCUT2D eigenvalue weighted by molar-refractivity contribution is 0.391. The van der Waals surface area contributed by atoms with Crippen molar-refractivity contribution in [3.8, 4) is 6.07 Å². The van der Waals surface area contributed by atoms with Crippen LogP contribution in [0.1, 0.15) is 17.9 Å². The molecule has 0 bridgehead atoms. The summed E-state index contributed by atoms with van der Waals surface area (Å²) in [7, 11) is 0. The van der Waals surface area contributed by atoms with Gasteiger partial charge in [0.15, 0.2) is 0 Å². The van der Waals surface area contributed by atoms with Gasteiger partial charge in [-0.3, -0.25) is 0 Å². The minimum absolute atomic E-state index is 0.00583. The van der Waals surface area contributed by atoms with Gasteiger partial charge in [0, 0.05) is 0 Å². The Morgan fingerprint density at radius 2 is 2.15 bits per heavy atom. The summed E-state index contributed by atoms with van der Waals surface area (Å²) in [6, 6.07) is 12.2. The highest BCUT2D eigenvalue weighted by atomic mass is 16.6. The van der Waals surface area contributed by atoms with Crippen molar-refractivity contribution in [1.82, 2.24) is 0 Å². The molecule has 1 aliphatic rings. The van der Waals surface area contributed by atoms with E-state index in [2.05, 4.69) is 6.07 Å². The molecular formula is C11H11NO. The van der Waals surface area contributed by atoms with E-state index >= 15 is 0 Å². The highest BCUT2D eigenvalue weighted by Gasteiger charge is 2.27. The van der Waals surface area contributed by atoms with Crippen LogP contribution in [0.3, 0.4) is 0 Å². The zero-order chi connectivity index (χ0) is 9.10. The van der Waals surface area contributed by atoms with Gasteiger partial charge in [-0.15, -0.1) is 0 Å². The normalized spacial score (nSPS) is 21.9. The summed E-state index contributed by atoms with van der Waals surface area (Å²) < 4.78 is 5.11. The fraction of sp³-hybridized carbons (Fsp3) is 0.364. The summed E-state index contributed by atoms with van der Waals surface area (Å²) in [5.74, 6) is -0.00583. The van der Waals surface area contributed by atoms with Gasteiger partial charge in [-0.1, -0.05) is 30.3 Å². The number of benzene rings is 1. The van der Waals surface area contributed by atoms with E-state index in [-0.39, 0.29) is 5.92 Å². The van der Waals surface area contributed by atoms with Gasteiger partial charge >= 0.3 is 0 Å². The third-order valence-corrected chi connectivity index (χ3v) is 2.26. The summed E-state index contributed by atoms with van der Waals surface area (Å²) in [5.41, 5.74) is 1.10. The van der Waals surface area contributed by atoms with Gasteiger partial charge in [0.25, 0.3) is 0 Å². The van der Waals surface area contributed by atoms with Gasteiger partial charge in [0.05, 0.1) is 24.7 Å². The third-order valence-electron chi connectivity index (χ3n) is 2.26. The Bertz CT molecular complexity index is 311. The van der Waals surface area contributed by atoms with Crippen LogP contribution >= 0.6 is 0 Å². The van der Waals surface area contributed by atoms with E-state index in [1.165, 1.54) is 0 Å². The molecule has 2 nitrogen and oxygen atoms in total. The molecule has 13 heavy (non-hydrogen) atoms. The Kier molecular flexibility index (Phi) is 2.29. The molecule has 0 radical (unpaired) electrons. The van der Waals surface area contributed by atoms with Crippen LogP contribution < -0.4 is 0 Å². The van der Waals surface area contributed by atoms with E-state index in [4.69, 9.17) is 10.00 Å². The van der Waals surface area contributed by atoms with Crippen LogP contribution in [0.2, 0.25) is 0 Å². The minimum Gasteiger partial charge on any atom is -0.373 e. The molecule has 0 saturated carbocycles. The fourth-order valence-corrected chi connectivity index (χ4v) is 1.42. The van der Waals surface area contributed by atoms with Crippen LogP contribution in [0.5, 0.6) is 0 Å². The van der Waals surface area contributed by atoms with Crippen molar-refractivity contribution in [2.24, 2.45) is 0 Å². The Morgan fingerprint density at radius 1 is 1.46 bits per heavy atom. The molecule has 1 aromatic carbocycles. The molecule has 1 fully saturated rings. The molecule has 1 aliphatic heterocycles. The molecular weight excluding hydrogens is 162 g/mol. The Balaban J connectivity index is 2.08. The largest absolute Gasteiger partial charge is 0.373 e. The Hall–Kier alpha value is -1.33. The second kappa shape index (κ2) is 3.59. The highest BCUT2D eigenvalue weighted by Crippen LogP contribution is 2.26. The monoisotopic (exact) mass is 173 g/mol. The second-order valence-corrected chi connectivity index (χ2v) is 3.28. The number of epoxide rings is 1. The van der Waals surface area contributed by atoms with E-state index < -0.39 is 0 Å². The number of ether oxygens (including phenoxy) is 1. The molecule has 2 rings (SSSR count). The van der Waals surface area contributed by atoms with E-state index in [0.717, 1.165) is 18.6 Å². The van der Waals surface area contributed by atoms with Crippen molar-refractivity contribution in [2.45, 2.75) is 18.4 Å². The van der Waals surface area contributed by atoms with Gasteiger partial charge < -0.3 is 4.74 Å². The smallest absolute Gasteiger partial charge is 0.0825 e. The Morgan fingerprint density at radius 3 is 2.69 bits per heavy atom. The zero-order valence-electron chi connectivity index (χ0n) is 7.31. The van der Waals surface area contributed by atoms with Crippen LogP contribution in [0.4, 0.5) is 0 Å². The van der Waals surface area contributed by atoms with Crippen molar-refractivity contribution in [3.63, 3.8) is 0 Å². The highest BCUT2D eigenvalue weighted by molar-refractivity contribution is 5.24. The summed E-state index contributed by atoms with van der Waals surface area (Å²) in [6.45, 7) is 0.824. The van der Waals surface area contributed by atoms with Crippen molar-refractivity contribution < 1.29 is 4.74 Å². The third kappa shape index (κ3) is 2.07. The topological polar surface area (TPSA) is 36.3 Å². The number of hydrogen-bond acceptors (Lipinski definition) is 2. The minimum atomic E-state index is -0.00583. The molecule has 1 heterocycles. The Labute approximate surface area is 77.8 Å².